The normalized spacial score (nSPS) is 9.53. The van der Waals surface area contributed by atoms with Gasteiger partial charge in [-0.15, -0.1) is 0 Å². The molecule has 1 rings (SSSR count). The number of hydrogen-bond acceptors (Lipinski definition) is 2. The summed E-state index contributed by atoms with van der Waals surface area (Å²) in [4.78, 5) is 11.4. The SMILES string of the molecule is CC(C)=CC(=O)Nc1cccc(CN)c1. The van der Waals surface area contributed by atoms with Crippen molar-refractivity contribution in [3.05, 3.63) is 41.5 Å². The van der Waals surface area contributed by atoms with E-state index < -0.39 is 0 Å². The minimum atomic E-state index is -0.107. The van der Waals surface area contributed by atoms with Crippen molar-refractivity contribution in [2.75, 3.05) is 5.32 Å². The van der Waals surface area contributed by atoms with Crippen LogP contribution in [0.5, 0.6) is 0 Å². The summed E-state index contributed by atoms with van der Waals surface area (Å²) in [6, 6.07) is 7.52. The predicted molar refractivity (Wildman–Crippen MR) is 62.4 cm³/mol. The molecule has 3 heteroatoms. The molecule has 0 aliphatic carbocycles. The molecule has 0 radical (unpaired) electrons. The van der Waals surface area contributed by atoms with Crippen molar-refractivity contribution in [1.82, 2.24) is 0 Å². The molecule has 0 unspecified atom stereocenters. The summed E-state index contributed by atoms with van der Waals surface area (Å²) >= 11 is 0. The molecule has 15 heavy (non-hydrogen) atoms. The number of nitrogens with two attached hydrogens (primary N) is 1. The third-order valence-corrected chi connectivity index (χ3v) is 1.85. The molecule has 3 N–H and O–H groups in total. The molecule has 0 aliphatic rings. The Balaban J connectivity index is 2.72. The zero-order valence-electron chi connectivity index (χ0n) is 9.08. The second kappa shape index (κ2) is 5.32. The molecule has 80 valence electrons. The van der Waals surface area contributed by atoms with Crippen molar-refractivity contribution in [3.8, 4) is 0 Å². The number of allylic oxidation sites excluding steroid dienone is 1. The molecule has 1 aromatic rings. The predicted octanol–water partition coefficient (Wildman–Crippen LogP) is 2.05. The average Bonchev–Trinajstić information content (AvgIpc) is 2.16. The Kier molecular flexibility index (Phi) is 4.06. The summed E-state index contributed by atoms with van der Waals surface area (Å²) in [5, 5.41) is 2.78. The molecule has 1 aromatic carbocycles. The highest BCUT2D eigenvalue weighted by Crippen LogP contribution is 2.10. The maximum atomic E-state index is 11.4. The van der Waals surface area contributed by atoms with Gasteiger partial charge in [0, 0.05) is 18.3 Å². The maximum absolute atomic E-state index is 11.4. The zero-order chi connectivity index (χ0) is 11.3. The maximum Gasteiger partial charge on any atom is 0.248 e. The van der Waals surface area contributed by atoms with Gasteiger partial charge in [-0.25, -0.2) is 0 Å². The summed E-state index contributed by atoms with van der Waals surface area (Å²) in [6.07, 6.45) is 1.56. The van der Waals surface area contributed by atoms with E-state index in [9.17, 15) is 4.79 Å². The van der Waals surface area contributed by atoms with Crippen molar-refractivity contribution < 1.29 is 4.79 Å². The summed E-state index contributed by atoms with van der Waals surface area (Å²) in [5.74, 6) is -0.107. The van der Waals surface area contributed by atoms with E-state index >= 15 is 0 Å². The standard InChI is InChI=1S/C12H16N2O/c1-9(2)6-12(15)14-11-5-3-4-10(7-11)8-13/h3-7H,8,13H2,1-2H3,(H,14,15). The largest absolute Gasteiger partial charge is 0.326 e. The first-order chi connectivity index (χ1) is 7.11. The fourth-order valence-corrected chi connectivity index (χ4v) is 1.22. The molecule has 0 atom stereocenters. The Bertz CT molecular complexity index is 379. The Hall–Kier alpha value is -1.61. The number of nitrogens with one attached hydrogen (secondary N) is 1. The second-order valence-corrected chi connectivity index (χ2v) is 3.62. The first-order valence-corrected chi connectivity index (χ1v) is 4.86. The van der Waals surface area contributed by atoms with Crippen LogP contribution in [-0.4, -0.2) is 5.91 Å². The number of benzene rings is 1. The fraction of sp³-hybridized carbons (Fsp3) is 0.250. The summed E-state index contributed by atoms with van der Waals surface area (Å²) in [7, 11) is 0. The van der Waals surface area contributed by atoms with Crippen LogP contribution in [0.15, 0.2) is 35.9 Å². The van der Waals surface area contributed by atoms with Gasteiger partial charge >= 0.3 is 0 Å². The van der Waals surface area contributed by atoms with Crippen molar-refractivity contribution in [2.45, 2.75) is 20.4 Å². The third kappa shape index (κ3) is 3.95. The molecular weight excluding hydrogens is 188 g/mol. The fourth-order valence-electron chi connectivity index (χ4n) is 1.22. The summed E-state index contributed by atoms with van der Waals surface area (Å²) in [6.45, 7) is 4.25. The lowest BCUT2D eigenvalue weighted by molar-refractivity contribution is -0.111. The number of amides is 1. The summed E-state index contributed by atoms with van der Waals surface area (Å²) < 4.78 is 0. The van der Waals surface area contributed by atoms with Crippen LogP contribution in [0, 0.1) is 0 Å². The topological polar surface area (TPSA) is 55.1 Å². The van der Waals surface area contributed by atoms with Gasteiger partial charge < -0.3 is 11.1 Å². The second-order valence-electron chi connectivity index (χ2n) is 3.62. The average molecular weight is 204 g/mol. The molecule has 0 heterocycles. The van der Waals surface area contributed by atoms with Crippen molar-refractivity contribution in [3.63, 3.8) is 0 Å². The number of hydrogen-bond donors (Lipinski definition) is 2. The minimum Gasteiger partial charge on any atom is -0.326 e. The van der Waals surface area contributed by atoms with Crippen LogP contribution >= 0.6 is 0 Å². The highest BCUT2D eigenvalue weighted by atomic mass is 16.1. The van der Waals surface area contributed by atoms with Crippen LogP contribution in [0.1, 0.15) is 19.4 Å². The van der Waals surface area contributed by atoms with Gasteiger partial charge in [0.05, 0.1) is 0 Å². The van der Waals surface area contributed by atoms with Crippen molar-refractivity contribution >= 4 is 11.6 Å². The first kappa shape index (κ1) is 11.5. The Morgan fingerprint density at radius 3 is 2.80 bits per heavy atom. The van der Waals surface area contributed by atoms with E-state index in [1.54, 1.807) is 6.08 Å². The zero-order valence-corrected chi connectivity index (χ0v) is 9.08. The smallest absolute Gasteiger partial charge is 0.248 e. The van der Waals surface area contributed by atoms with Crippen LogP contribution in [0.4, 0.5) is 5.69 Å². The van der Waals surface area contributed by atoms with E-state index in [0.29, 0.717) is 6.54 Å². The molecule has 1 amide bonds. The van der Waals surface area contributed by atoms with E-state index in [2.05, 4.69) is 5.32 Å². The van der Waals surface area contributed by atoms with Crippen molar-refractivity contribution in [1.29, 1.82) is 0 Å². The lowest BCUT2D eigenvalue weighted by Gasteiger charge is -2.04. The summed E-state index contributed by atoms with van der Waals surface area (Å²) in [5.41, 5.74) is 8.26. The monoisotopic (exact) mass is 204 g/mol. The minimum absolute atomic E-state index is 0.107. The molecule has 0 saturated heterocycles. The van der Waals surface area contributed by atoms with Gasteiger partial charge in [-0.3, -0.25) is 4.79 Å². The highest BCUT2D eigenvalue weighted by Gasteiger charge is 1.98. The van der Waals surface area contributed by atoms with Gasteiger partial charge in [-0.2, -0.15) is 0 Å². The lowest BCUT2D eigenvalue weighted by Crippen LogP contribution is -2.09. The molecule has 0 aliphatic heterocycles. The number of rotatable bonds is 3. The first-order valence-electron chi connectivity index (χ1n) is 4.86. The molecular formula is C12H16N2O. The molecule has 3 nitrogen and oxygen atoms in total. The Morgan fingerprint density at radius 1 is 1.47 bits per heavy atom. The van der Waals surface area contributed by atoms with Gasteiger partial charge in [-0.1, -0.05) is 17.7 Å². The van der Waals surface area contributed by atoms with Crippen LogP contribution in [-0.2, 0) is 11.3 Å². The van der Waals surface area contributed by atoms with Gasteiger partial charge in [0.1, 0.15) is 0 Å². The highest BCUT2D eigenvalue weighted by molar-refractivity contribution is 5.99. The Morgan fingerprint density at radius 2 is 2.20 bits per heavy atom. The number of carbonyl (C=O) groups is 1. The van der Waals surface area contributed by atoms with E-state index in [4.69, 9.17) is 5.73 Å². The lowest BCUT2D eigenvalue weighted by atomic mass is 10.2. The van der Waals surface area contributed by atoms with E-state index in [-0.39, 0.29) is 5.91 Å². The van der Waals surface area contributed by atoms with Gasteiger partial charge in [0.15, 0.2) is 0 Å². The third-order valence-electron chi connectivity index (χ3n) is 1.85. The van der Waals surface area contributed by atoms with Gasteiger partial charge in [0.2, 0.25) is 5.91 Å². The van der Waals surface area contributed by atoms with Crippen LogP contribution in [0.3, 0.4) is 0 Å². The number of anilines is 1. The van der Waals surface area contributed by atoms with Crippen LogP contribution in [0.25, 0.3) is 0 Å². The molecule has 0 spiro atoms. The molecule has 0 bridgehead atoms. The van der Waals surface area contributed by atoms with Crippen LogP contribution < -0.4 is 11.1 Å². The van der Waals surface area contributed by atoms with Gasteiger partial charge in [-0.05, 0) is 31.5 Å². The quantitative estimate of drug-likeness (QED) is 0.740. The van der Waals surface area contributed by atoms with Gasteiger partial charge in [0.25, 0.3) is 0 Å². The Labute approximate surface area is 90.0 Å². The van der Waals surface area contributed by atoms with E-state index in [1.165, 1.54) is 0 Å². The van der Waals surface area contributed by atoms with Crippen LogP contribution in [0.2, 0.25) is 0 Å². The van der Waals surface area contributed by atoms with Crippen molar-refractivity contribution in [2.24, 2.45) is 5.73 Å². The number of carbonyl (C=O) groups excluding carboxylic acids is 1. The molecule has 0 aromatic heterocycles. The van der Waals surface area contributed by atoms with E-state index in [0.717, 1.165) is 16.8 Å². The molecule has 0 fully saturated rings. The van der Waals surface area contributed by atoms with E-state index in [1.807, 2.05) is 38.1 Å². The molecule has 0 saturated carbocycles.